The molecule has 2 atom stereocenters. The van der Waals surface area contributed by atoms with E-state index in [1.54, 1.807) is 19.2 Å². The summed E-state index contributed by atoms with van der Waals surface area (Å²) >= 11 is 8.34. The van der Waals surface area contributed by atoms with Crippen LogP contribution in [0.25, 0.3) is 43.3 Å². The summed E-state index contributed by atoms with van der Waals surface area (Å²) in [6, 6.07) is 1.98. The standard InChI is InChI=1S/C34H36ClF2N7O3S/c1-32(45)16-43(8-9-46-17-32)30-25-21-15-48-28(24-20-13-38-41-23(20)10-22(35)26(24)34(37)5-6-34)27(21)42(2)29(25)39-31(40-30)47-18-33-4-3-7-44(33)14-19(11-33)12-36/h10,12-13,15,45H,3-9,11,14,16-18H2,1-2H3,(H,38,41)/b19-12-/t32-,33-/m0/s1. The van der Waals surface area contributed by atoms with Crippen molar-refractivity contribution in [3.63, 3.8) is 0 Å². The van der Waals surface area contributed by atoms with E-state index in [1.165, 1.54) is 11.3 Å². The van der Waals surface area contributed by atoms with Crippen LogP contribution >= 0.6 is 22.9 Å². The summed E-state index contributed by atoms with van der Waals surface area (Å²) in [7, 11) is 1.95. The first-order valence-corrected chi connectivity index (χ1v) is 17.7. The minimum absolute atomic E-state index is 0.208. The maximum Gasteiger partial charge on any atom is 0.320 e. The molecule has 252 valence electrons. The van der Waals surface area contributed by atoms with E-state index in [9.17, 15) is 9.50 Å². The van der Waals surface area contributed by atoms with Gasteiger partial charge < -0.3 is 24.0 Å². The molecule has 1 aromatic carbocycles. The largest absolute Gasteiger partial charge is 0.461 e. The molecule has 5 aromatic rings. The number of aromatic nitrogens is 5. The van der Waals surface area contributed by atoms with Crippen molar-refractivity contribution in [3.05, 3.63) is 40.1 Å². The molecule has 1 saturated carbocycles. The smallest absolute Gasteiger partial charge is 0.320 e. The minimum atomic E-state index is -1.49. The first-order valence-electron chi connectivity index (χ1n) is 16.4. The first-order chi connectivity index (χ1) is 23.1. The second-order valence-corrected chi connectivity index (χ2v) is 15.6. The third kappa shape index (κ3) is 4.68. The zero-order valence-electron chi connectivity index (χ0n) is 26.8. The van der Waals surface area contributed by atoms with Gasteiger partial charge in [0.15, 0.2) is 0 Å². The molecule has 4 aliphatic rings. The summed E-state index contributed by atoms with van der Waals surface area (Å²) < 4.78 is 43.9. The van der Waals surface area contributed by atoms with Gasteiger partial charge in [0.25, 0.3) is 0 Å². The molecule has 4 fully saturated rings. The lowest BCUT2D eigenvalue weighted by atomic mass is 9.94. The number of hydrogen-bond donors (Lipinski definition) is 2. The van der Waals surface area contributed by atoms with E-state index < -0.39 is 11.3 Å². The molecule has 10 nitrogen and oxygen atoms in total. The van der Waals surface area contributed by atoms with Crippen LogP contribution in [0.4, 0.5) is 14.6 Å². The SMILES string of the molecule is Cn1c2nc(OC[C@@]34CCCN3C/C(=C\F)C4)nc(N3CCOC[C@@](C)(O)C3)c2c2csc(-c3c(C4(F)CC4)c(Cl)cc4[nH]ncc34)c21. The van der Waals surface area contributed by atoms with Gasteiger partial charge >= 0.3 is 6.01 Å². The van der Waals surface area contributed by atoms with Crippen LogP contribution in [0.2, 0.25) is 5.02 Å². The fraction of sp³-hybridized carbons (Fsp3) is 0.500. The monoisotopic (exact) mass is 695 g/mol. The van der Waals surface area contributed by atoms with Gasteiger partial charge in [0.1, 0.15) is 29.3 Å². The van der Waals surface area contributed by atoms with Crippen molar-refractivity contribution in [3.8, 4) is 16.5 Å². The lowest BCUT2D eigenvalue weighted by molar-refractivity contribution is -0.0123. The van der Waals surface area contributed by atoms with Crippen molar-refractivity contribution in [1.82, 2.24) is 29.6 Å². The van der Waals surface area contributed by atoms with Crippen molar-refractivity contribution in [1.29, 1.82) is 0 Å². The van der Waals surface area contributed by atoms with Crippen LogP contribution < -0.4 is 9.64 Å². The summed E-state index contributed by atoms with van der Waals surface area (Å²) in [5.41, 5.74) is 1.42. The number of aryl methyl sites for hydroxylation is 1. The maximum absolute atomic E-state index is 16.1. The van der Waals surface area contributed by atoms with Gasteiger partial charge in [-0.1, -0.05) is 11.6 Å². The summed E-state index contributed by atoms with van der Waals surface area (Å²) in [6.07, 6.45) is 5.87. The number of anilines is 1. The van der Waals surface area contributed by atoms with Gasteiger partial charge in [-0.15, -0.1) is 11.3 Å². The molecule has 0 radical (unpaired) electrons. The molecule has 0 amide bonds. The highest BCUT2D eigenvalue weighted by Crippen LogP contribution is 2.58. The Balaban J connectivity index is 1.23. The highest BCUT2D eigenvalue weighted by Gasteiger charge is 2.49. The van der Waals surface area contributed by atoms with Crippen molar-refractivity contribution in [2.45, 2.75) is 55.8 Å². The normalized spacial score (nSPS) is 26.7. The number of alkyl halides is 1. The summed E-state index contributed by atoms with van der Waals surface area (Å²) in [5.74, 6) is 0.635. The van der Waals surface area contributed by atoms with Gasteiger partial charge in [-0.3, -0.25) is 10.00 Å². The quantitative estimate of drug-likeness (QED) is 0.211. The molecule has 0 spiro atoms. The number of aliphatic hydroxyl groups is 1. The Morgan fingerprint density at radius 2 is 2.08 bits per heavy atom. The van der Waals surface area contributed by atoms with Gasteiger partial charge in [0.2, 0.25) is 0 Å². The van der Waals surface area contributed by atoms with E-state index in [0.717, 1.165) is 68.9 Å². The number of rotatable bonds is 6. The molecular weight excluding hydrogens is 660 g/mol. The minimum Gasteiger partial charge on any atom is -0.461 e. The number of ether oxygens (including phenoxy) is 2. The molecule has 7 heterocycles. The summed E-state index contributed by atoms with van der Waals surface area (Å²) in [6.45, 7) is 5.05. The molecule has 14 heteroatoms. The number of aromatic amines is 1. The molecule has 0 unspecified atom stereocenters. The van der Waals surface area contributed by atoms with E-state index in [4.69, 9.17) is 31.0 Å². The Morgan fingerprint density at radius 1 is 1.23 bits per heavy atom. The van der Waals surface area contributed by atoms with E-state index in [0.29, 0.717) is 74.2 Å². The van der Waals surface area contributed by atoms with Crippen LogP contribution in [0.3, 0.4) is 0 Å². The zero-order valence-corrected chi connectivity index (χ0v) is 28.4. The fourth-order valence-electron chi connectivity index (χ4n) is 8.27. The molecule has 0 bridgehead atoms. The maximum atomic E-state index is 16.1. The van der Waals surface area contributed by atoms with Crippen molar-refractivity contribution in [2.24, 2.45) is 7.05 Å². The van der Waals surface area contributed by atoms with E-state index >= 15 is 4.39 Å². The topological polar surface area (TPSA) is 105 Å². The van der Waals surface area contributed by atoms with Crippen LogP contribution in [0.15, 0.2) is 29.5 Å². The molecule has 1 aliphatic carbocycles. The van der Waals surface area contributed by atoms with Crippen LogP contribution in [0, 0.1) is 0 Å². The van der Waals surface area contributed by atoms with Gasteiger partial charge in [0, 0.05) is 52.4 Å². The van der Waals surface area contributed by atoms with Crippen LogP contribution in [-0.4, -0.2) is 91.9 Å². The Labute approximate surface area is 284 Å². The highest BCUT2D eigenvalue weighted by molar-refractivity contribution is 7.15. The zero-order chi connectivity index (χ0) is 33.0. The predicted molar refractivity (Wildman–Crippen MR) is 183 cm³/mol. The number of hydrogen-bond acceptors (Lipinski definition) is 9. The number of nitrogens with zero attached hydrogens (tertiary/aromatic N) is 6. The molecule has 4 aromatic heterocycles. The Hall–Kier alpha value is -3.36. The van der Waals surface area contributed by atoms with Gasteiger partial charge in [-0.05, 0) is 57.2 Å². The third-order valence-corrected chi connectivity index (χ3v) is 11.9. The number of H-pyrrole nitrogens is 1. The Bertz CT molecular complexity index is 2140. The molecular formula is C34H36ClF2N7O3S. The second-order valence-electron chi connectivity index (χ2n) is 14.3. The lowest BCUT2D eigenvalue weighted by Crippen LogP contribution is -2.44. The first kappa shape index (κ1) is 30.7. The van der Waals surface area contributed by atoms with Crippen molar-refractivity contribution >= 4 is 61.6 Å². The summed E-state index contributed by atoms with van der Waals surface area (Å²) in [4.78, 5) is 15.2. The van der Waals surface area contributed by atoms with Crippen molar-refractivity contribution in [2.75, 3.05) is 50.9 Å². The predicted octanol–water partition coefficient (Wildman–Crippen LogP) is 6.40. The number of halogens is 3. The van der Waals surface area contributed by atoms with E-state index in [1.807, 2.05) is 16.5 Å². The Kier molecular flexibility index (Phi) is 6.91. The summed E-state index contributed by atoms with van der Waals surface area (Å²) in [5, 5.41) is 23.5. The molecule has 3 saturated heterocycles. The number of fused-ring (bicyclic) bond motifs is 5. The van der Waals surface area contributed by atoms with Gasteiger partial charge in [-0.25, -0.2) is 8.78 Å². The average molecular weight is 696 g/mol. The molecule has 48 heavy (non-hydrogen) atoms. The fourth-order valence-corrected chi connectivity index (χ4v) is 9.79. The van der Waals surface area contributed by atoms with E-state index in [2.05, 4.69) is 20.5 Å². The number of benzene rings is 1. The molecule has 9 rings (SSSR count). The van der Waals surface area contributed by atoms with Crippen LogP contribution in [0.1, 0.15) is 44.6 Å². The number of nitrogens with one attached hydrogen (secondary N) is 1. The van der Waals surface area contributed by atoms with Crippen molar-refractivity contribution < 1.29 is 23.4 Å². The van der Waals surface area contributed by atoms with Crippen LogP contribution in [-0.2, 0) is 17.5 Å². The second kappa shape index (κ2) is 10.8. The number of β-amino-alcohol motifs (C(OH)–C–C–N with tert-alkyl or cyclic N) is 1. The molecule has 2 N–H and O–H groups in total. The van der Waals surface area contributed by atoms with Gasteiger partial charge in [-0.2, -0.15) is 15.1 Å². The average Bonchev–Trinajstić information content (AvgIpc) is 3.51. The Morgan fingerprint density at radius 3 is 2.90 bits per heavy atom. The molecule has 3 aliphatic heterocycles. The lowest BCUT2D eigenvalue weighted by Gasteiger charge is -2.31. The number of thiophene rings is 1. The van der Waals surface area contributed by atoms with Crippen LogP contribution in [0.5, 0.6) is 6.01 Å². The van der Waals surface area contributed by atoms with Gasteiger partial charge in [0.05, 0.1) is 59.1 Å². The highest BCUT2D eigenvalue weighted by atomic mass is 35.5. The van der Waals surface area contributed by atoms with E-state index in [-0.39, 0.29) is 18.2 Å². The third-order valence-electron chi connectivity index (χ3n) is 10.7.